The number of halogens is 2. The molecule has 0 saturated carbocycles. The smallest absolute Gasteiger partial charge is 0.194 e. The lowest BCUT2D eigenvalue weighted by Crippen LogP contribution is -2.07. The molecule has 1 nitrogen and oxygen atoms in total. The van der Waals surface area contributed by atoms with Crippen molar-refractivity contribution < 1.29 is 9.18 Å². The molecule has 102 valence electrons. The molecule has 20 heavy (non-hydrogen) atoms. The van der Waals surface area contributed by atoms with Gasteiger partial charge in [-0.05, 0) is 61.1 Å². The highest BCUT2D eigenvalue weighted by molar-refractivity contribution is 6.35. The molecule has 0 N–H and O–H groups in total. The molecule has 2 aromatic rings. The van der Waals surface area contributed by atoms with Gasteiger partial charge in [-0.2, -0.15) is 0 Å². The van der Waals surface area contributed by atoms with Crippen LogP contribution in [0.1, 0.15) is 39.9 Å². The molecule has 0 unspecified atom stereocenters. The van der Waals surface area contributed by atoms with Crippen LogP contribution in [0.2, 0.25) is 5.02 Å². The van der Waals surface area contributed by atoms with E-state index in [4.69, 9.17) is 11.6 Å². The molecule has 1 aliphatic carbocycles. The molecule has 0 aliphatic heterocycles. The number of carbonyl (C=O) groups excluding carboxylic acids is 1. The molecule has 0 bridgehead atoms. The van der Waals surface area contributed by atoms with Crippen LogP contribution in [0.3, 0.4) is 0 Å². The third-order valence-corrected chi connectivity index (χ3v) is 4.10. The molecule has 0 atom stereocenters. The molecule has 0 spiro atoms. The van der Waals surface area contributed by atoms with Crippen molar-refractivity contribution in [3.63, 3.8) is 0 Å². The minimum atomic E-state index is -0.433. The fraction of sp³-hybridized carbons (Fsp3) is 0.235. The third kappa shape index (κ3) is 2.48. The lowest BCUT2D eigenvalue weighted by molar-refractivity contribution is 0.103. The van der Waals surface area contributed by atoms with E-state index in [1.165, 1.54) is 42.2 Å². The lowest BCUT2D eigenvalue weighted by atomic mass is 9.89. The van der Waals surface area contributed by atoms with Crippen molar-refractivity contribution in [2.45, 2.75) is 25.7 Å². The van der Waals surface area contributed by atoms with Crippen LogP contribution in [0.4, 0.5) is 4.39 Å². The number of benzene rings is 2. The first kappa shape index (κ1) is 13.3. The predicted molar refractivity (Wildman–Crippen MR) is 77.9 cm³/mol. The summed E-state index contributed by atoms with van der Waals surface area (Å²) >= 11 is 5.96. The Balaban J connectivity index is 1.98. The summed E-state index contributed by atoms with van der Waals surface area (Å²) in [6.45, 7) is 0. The SMILES string of the molecule is O=C(c1ccc2c(c1)CCCC2)c1ccc(F)cc1Cl. The van der Waals surface area contributed by atoms with E-state index in [0.29, 0.717) is 11.1 Å². The van der Waals surface area contributed by atoms with E-state index in [-0.39, 0.29) is 10.8 Å². The maximum atomic E-state index is 13.0. The monoisotopic (exact) mass is 288 g/mol. The van der Waals surface area contributed by atoms with E-state index in [1.807, 2.05) is 18.2 Å². The second kappa shape index (κ2) is 5.37. The first-order chi connectivity index (χ1) is 9.65. The molecule has 0 heterocycles. The molecule has 3 heteroatoms. The van der Waals surface area contributed by atoms with E-state index in [0.717, 1.165) is 12.8 Å². The summed E-state index contributed by atoms with van der Waals surface area (Å²) in [5, 5.41) is 0.160. The highest BCUT2D eigenvalue weighted by atomic mass is 35.5. The van der Waals surface area contributed by atoms with Crippen molar-refractivity contribution >= 4 is 17.4 Å². The number of carbonyl (C=O) groups is 1. The average Bonchev–Trinajstić information content (AvgIpc) is 2.46. The van der Waals surface area contributed by atoms with E-state index in [1.54, 1.807) is 0 Å². The molecular weight excluding hydrogens is 275 g/mol. The Hall–Kier alpha value is -1.67. The van der Waals surface area contributed by atoms with E-state index in [9.17, 15) is 9.18 Å². The van der Waals surface area contributed by atoms with Gasteiger partial charge in [-0.25, -0.2) is 4.39 Å². The zero-order valence-electron chi connectivity index (χ0n) is 11.0. The fourth-order valence-corrected chi connectivity index (χ4v) is 2.96. The van der Waals surface area contributed by atoms with Gasteiger partial charge in [0, 0.05) is 11.1 Å². The summed E-state index contributed by atoms with van der Waals surface area (Å²) < 4.78 is 13.0. The molecule has 0 fully saturated rings. The van der Waals surface area contributed by atoms with Crippen LogP contribution in [0.15, 0.2) is 36.4 Å². The Morgan fingerprint density at radius 1 is 1.00 bits per heavy atom. The van der Waals surface area contributed by atoms with E-state index >= 15 is 0 Å². The third-order valence-electron chi connectivity index (χ3n) is 3.79. The second-order valence-electron chi connectivity index (χ2n) is 5.14. The molecule has 3 rings (SSSR count). The Morgan fingerprint density at radius 3 is 2.50 bits per heavy atom. The van der Waals surface area contributed by atoms with Crippen LogP contribution in [-0.2, 0) is 12.8 Å². The average molecular weight is 289 g/mol. The summed E-state index contributed by atoms with van der Waals surface area (Å²) in [7, 11) is 0. The van der Waals surface area contributed by atoms with Crippen molar-refractivity contribution in [1.29, 1.82) is 0 Å². The van der Waals surface area contributed by atoms with E-state index < -0.39 is 5.82 Å². The van der Waals surface area contributed by atoms with Crippen molar-refractivity contribution in [2.75, 3.05) is 0 Å². The molecule has 0 radical (unpaired) electrons. The number of rotatable bonds is 2. The largest absolute Gasteiger partial charge is 0.289 e. The highest BCUT2D eigenvalue weighted by Crippen LogP contribution is 2.25. The number of ketones is 1. The Labute approximate surface area is 122 Å². The van der Waals surface area contributed by atoms with Crippen molar-refractivity contribution in [2.24, 2.45) is 0 Å². The van der Waals surface area contributed by atoms with E-state index in [2.05, 4.69) is 0 Å². The molecular formula is C17H14ClFO. The van der Waals surface area contributed by atoms with Crippen LogP contribution < -0.4 is 0 Å². The summed E-state index contributed by atoms with van der Waals surface area (Å²) in [5.74, 6) is -0.583. The van der Waals surface area contributed by atoms with Crippen molar-refractivity contribution in [1.82, 2.24) is 0 Å². The Bertz CT molecular complexity index is 679. The van der Waals surface area contributed by atoms with Crippen molar-refractivity contribution in [3.05, 3.63) is 69.5 Å². The quantitative estimate of drug-likeness (QED) is 0.739. The molecule has 0 amide bonds. The van der Waals surface area contributed by atoms with Gasteiger partial charge < -0.3 is 0 Å². The Morgan fingerprint density at radius 2 is 1.75 bits per heavy atom. The summed E-state index contributed by atoms with van der Waals surface area (Å²) in [6.07, 6.45) is 4.49. The molecule has 1 aliphatic rings. The summed E-state index contributed by atoms with van der Waals surface area (Å²) in [6, 6.07) is 9.70. The topological polar surface area (TPSA) is 17.1 Å². The van der Waals surface area contributed by atoms with Gasteiger partial charge in [0.05, 0.1) is 5.02 Å². The van der Waals surface area contributed by atoms with Crippen LogP contribution in [-0.4, -0.2) is 5.78 Å². The zero-order chi connectivity index (χ0) is 14.1. The number of fused-ring (bicyclic) bond motifs is 1. The van der Waals surface area contributed by atoms with Gasteiger partial charge in [-0.1, -0.05) is 23.7 Å². The first-order valence-electron chi connectivity index (χ1n) is 6.77. The van der Waals surface area contributed by atoms with Crippen LogP contribution in [0, 0.1) is 5.82 Å². The zero-order valence-corrected chi connectivity index (χ0v) is 11.7. The van der Waals surface area contributed by atoms with Gasteiger partial charge in [-0.3, -0.25) is 4.79 Å². The Kier molecular flexibility index (Phi) is 3.58. The fourth-order valence-electron chi connectivity index (χ4n) is 2.70. The predicted octanol–water partition coefficient (Wildman–Crippen LogP) is 4.59. The van der Waals surface area contributed by atoms with Gasteiger partial charge in [0.1, 0.15) is 5.82 Å². The standard InChI is InChI=1S/C17H14ClFO/c18-16-10-14(19)7-8-15(16)17(20)13-6-5-11-3-1-2-4-12(11)9-13/h5-10H,1-4H2. The second-order valence-corrected chi connectivity index (χ2v) is 5.55. The summed E-state index contributed by atoms with van der Waals surface area (Å²) in [5.41, 5.74) is 3.56. The molecule has 2 aromatic carbocycles. The maximum absolute atomic E-state index is 13.0. The van der Waals surface area contributed by atoms with Gasteiger partial charge in [0.25, 0.3) is 0 Å². The van der Waals surface area contributed by atoms with Gasteiger partial charge in [-0.15, -0.1) is 0 Å². The molecule has 0 aromatic heterocycles. The molecule has 0 saturated heterocycles. The van der Waals surface area contributed by atoms with Gasteiger partial charge >= 0.3 is 0 Å². The lowest BCUT2D eigenvalue weighted by Gasteiger charge is -2.16. The minimum absolute atomic E-state index is 0.150. The summed E-state index contributed by atoms with van der Waals surface area (Å²) in [4.78, 5) is 12.5. The van der Waals surface area contributed by atoms with Crippen LogP contribution >= 0.6 is 11.6 Å². The van der Waals surface area contributed by atoms with Crippen LogP contribution in [0.5, 0.6) is 0 Å². The number of hydrogen-bond acceptors (Lipinski definition) is 1. The maximum Gasteiger partial charge on any atom is 0.194 e. The van der Waals surface area contributed by atoms with Crippen molar-refractivity contribution in [3.8, 4) is 0 Å². The first-order valence-corrected chi connectivity index (χ1v) is 7.14. The van der Waals surface area contributed by atoms with Gasteiger partial charge in [0.2, 0.25) is 0 Å². The normalized spacial score (nSPS) is 13.9. The minimum Gasteiger partial charge on any atom is -0.289 e. The van der Waals surface area contributed by atoms with Gasteiger partial charge in [0.15, 0.2) is 5.78 Å². The van der Waals surface area contributed by atoms with Crippen LogP contribution in [0.25, 0.3) is 0 Å². The number of hydrogen-bond donors (Lipinski definition) is 0. The number of aryl methyl sites for hydroxylation is 2. The highest BCUT2D eigenvalue weighted by Gasteiger charge is 2.16.